The minimum Gasteiger partial charge on any atom is -0.298 e. The van der Waals surface area contributed by atoms with Crippen molar-refractivity contribution in [2.75, 3.05) is 0 Å². The number of carbonyl (C=O) groups excluding carboxylic acids is 1. The van der Waals surface area contributed by atoms with Crippen LogP contribution in [0.4, 0.5) is 0 Å². The molecule has 1 aromatic heterocycles. The smallest absolute Gasteiger partial charge is 0.145 e. The number of rotatable bonds is 4. The largest absolute Gasteiger partial charge is 0.298 e. The lowest BCUT2D eigenvalue weighted by molar-refractivity contribution is -0.104. The van der Waals surface area contributed by atoms with E-state index in [2.05, 4.69) is 5.10 Å². The minimum absolute atomic E-state index is 0.640. The third-order valence-electron chi connectivity index (χ3n) is 3.34. The Hall–Kier alpha value is -2.36. The van der Waals surface area contributed by atoms with E-state index < -0.39 is 0 Å². The molecule has 3 rings (SSSR count). The van der Waals surface area contributed by atoms with Crippen molar-refractivity contribution >= 4 is 35.2 Å². The van der Waals surface area contributed by atoms with E-state index in [1.165, 1.54) is 6.08 Å². The molecule has 5 heteroatoms. The Morgan fingerprint density at radius 1 is 0.913 bits per heavy atom. The van der Waals surface area contributed by atoms with Gasteiger partial charge in [-0.15, -0.1) is 0 Å². The Balaban J connectivity index is 1.99. The van der Waals surface area contributed by atoms with E-state index in [0.717, 1.165) is 23.1 Å². The van der Waals surface area contributed by atoms with Crippen molar-refractivity contribution < 1.29 is 4.79 Å². The minimum atomic E-state index is 0.640. The van der Waals surface area contributed by atoms with Crippen LogP contribution in [0, 0.1) is 0 Å². The van der Waals surface area contributed by atoms with Crippen molar-refractivity contribution in [2.45, 2.75) is 0 Å². The van der Waals surface area contributed by atoms with Crippen LogP contribution in [0.15, 0.2) is 66.9 Å². The van der Waals surface area contributed by atoms with Crippen LogP contribution < -0.4 is 0 Å². The number of carbonyl (C=O) groups is 1. The van der Waals surface area contributed by atoms with Gasteiger partial charge in [0.2, 0.25) is 0 Å². The fourth-order valence-corrected chi connectivity index (χ4v) is 2.47. The van der Waals surface area contributed by atoms with Gasteiger partial charge in [-0.1, -0.05) is 47.5 Å². The maximum absolute atomic E-state index is 11.0. The summed E-state index contributed by atoms with van der Waals surface area (Å²) in [4.78, 5) is 11.0. The maximum atomic E-state index is 11.0. The molecule has 0 N–H and O–H groups in total. The summed E-state index contributed by atoms with van der Waals surface area (Å²) in [6, 6.07) is 16.6. The molecule has 0 aliphatic rings. The van der Waals surface area contributed by atoms with Gasteiger partial charge in [-0.2, -0.15) is 5.10 Å². The summed E-state index contributed by atoms with van der Waals surface area (Å²) in [6.07, 6.45) is 4.03. The molecule has 0 amide bonds. The number of nitrogens with zero attached hydrogens (tertiary/aromatic N) is 2. The van der Waals surface area contributed by atoms with E-state index in [1.807, 2.05) is 48.7 Å². The third kappa shape index (κ3) is 3.52. The average molecular weight is 343 g/mol. The van der Waals surface area contributed by atoms with Crippen molar-refractivity contribution in [2.24, 2.45) is 0 Å². The van der Waals surface area contributed by atoms with Crippen molar-refractivity contribution in [1.29, 1.82) is 0 Å². The summed E-state index contributed by atoms with van der Waals surface area (Å²) < 4.78 is 1.67. The number of aldehydes is 1. The molecule has 0 unspecified atom stereocenters. The van der Waals surface area contributed by atoms with E-state index in [9.17, 15) is 4.79 Å². The van der Waals surface area contributed by atoms with Crippen LogP contribution >= 0.6 is 23.2 Å². The first-order valence-electron chi connectivity index (χ1n) is 6.91. The van der Waals surface area contributed by atoms with Crippen molar-refractivity contribution in [3.63, 3.8) is 0 Å². The van der Waals surface area contributed by atoms with Gasteiger partial charge in [-0.3, -0.25) is 4.79 Å². The molecule has 1 heterocycles. The van der Waals surface area contributed by atoms with Crippen molar-refractivity contribution in [3.8, 4) is 11.3 Å². The predicted octanol–water partition coefficient (Wildman–Crippen LogP) is 4.95. The van der Waals surface area contributed by atoms with E-state index >= 15 is 0 Å². The van der Waals surface area contributed by atoms with Crippen LogP contribution in [0.2, 0.25) is 10.0 Å². The molecule has 0 aliphatic heterocycles. The summed E-state index contributed by atoms with van der Waals surface area (Å²) in [6.45, 7) is 0. The first-order chi connectivity index (χ1) is 11.2. The van der Waals surface area contributed by atoms with Gasteiger partial charge in [-0.25, -0.2) is 4.68 Å². The van der Waals surface area contributed by atoms with Gasteiger partial charge in [0, 0.05) is 33.4 Å². The molecule has 114 valence electrons. The van der Waals surface area contributed by atoms with Crippen LogP contribution in [-0.2, 0) is 4.79 Å². The Kier molecular flexibility index (Phi) is 4.60. The quantitative estimate of drug-likeness (QED) is 0.496. The Labute approximate surface area is 143 Å². The summed E-state index contributed by atoms with van der Waals surface area (Å²) in [5, 5.41) is 5.86. The first kappa shape index (κ1) is 15.5. The van der Waals surface area contributed by atoms with Crippen LogP contribution in [-0.4, -0.2) is 16.1 Å². The summed E-state index contributed by atoms with van der Waals surface area (Å²) in [5.74, 6) is 0. The Morgan fingerprint density at radius 3 is 2.13 bits per heavy atom. The molecule has 3 nitrogen and oxygen atoms in total. The molecule has 0 saturated carbocycles. The molecule has 2 aromatic carbocycles. The molecule has 0 fully saturated rings. The van der Waals surface area contributed by atoms with Gasteiger partial charge in [0.1, 0.15) is 6.29 Å². The van der Waals surface area contributed by atoms with E-state index in [0.29, 0.717) is 15.7 Å². The highest BCUT2D eigenvalue weighted by atomic mass is 35.5. The monoisotopic (exact) mass is 342 g/mol. The van der Waals surface area contributed by atoms with Gasteiger partial charge in [0.25, 0.3) is 0 Å². The highest BCUT2D eigenvalue weighted by Gasteiger charge is 2.08. The molecule has 0 aliphatic carbocycles. The van der Waals surface area contributed by atoms with Crippen LogP contribution in [0.5, 0.6) is 0 Å². The fraction of sp³-hybridized carbons (Fsp3) is 0. The number of hydrogen-bond acceptors (Lipinski definition) is 2. The van der Waals surface area contributed by atoms with Crippen LogP contribution in [0.3, 0.4) is 0 Å². The molecule has 0 atom stereocenters. The molecular weight excluding hydrogens is 331 g/mol. The summed E-state index contributed by atoms with van der Waals surface area (Å²) in [7, 11) is 0. The number of allylic oxidation sites excluding steroid dienone is 1. The van der Waals surface area contributed by atoms with Gasteiger partial charge < -0.3 is 0 Å². The average Bonchev–Trinajstić information content (AvgIpc) is 3.04. The number of aromatic nitrogens is 2. The normalized spacial score (nSPS) is 11.5. The number of hydrogen-bond donors (Lipinski definition) is 0. The molecule has 0 bridgehead atoms. The third-order valence-corrected chi connectivity index (χ3v) is 3.85. The zero-order valence-electron chi connectivity index (χ0n) is 12.0. The molecule has 0 spiro atoms. The molecule has 0 saturated heterocycles. The second-order valence-electron chi connectivity index (χ2n) is 4.85. The first-order valence-corrected chi connectivity index (χ1v) is 7.66. The van der Waals surface area contributed by atoms with Gasteiger partial charge in [0.05, 0.1) is 11.4 Å². The second-order valence-corrected chi connectivity index (χ2v) is 5.72. The lowest BCUT2D eigenvalue weighted by Gasteiger charge is -2.07. The molecule has 3 aromatic rings. The predicted molar refractivity (Wildman–Crippen MR) is 93.6 cm³/mol. The highest BCUT2D eigenvalue weighted by Crippen LogP contribution is 2.23. The molecule has 23 heavy (non-hydrogen) atoms. The highest BCUT2D eigenvalue weighted by molar-refractivity contribution is 6.30. The fourth-order valence-electron chi connectivity index (χ4n) is 2.22. The standard InChI is InChI=1S/C18H12Cl2N2O/c19-15-5-1-13(2-6-15)17-9-11-22(21-17)18(10-12-23)14-3-7-16(20)8-4-14/h1-12H/b18-10+. The molecular formula is C18H12Cl2N2O. The lowest BCUT2D eigenvalue weighted by Crippen LogP contribution is -2.00. The van der Waals surface area contributed by atoms with Crippen molar-refractivity contribution in [1.82, 2.24) is 9.78 Å². The zero-order valence-corrected chi connectivity index (χ0v) is 13.5. The molecule has 0 radical (unpaired) electrons. The maximum Gasteiger partial charge on any atom is 0.145 e. The Morgan fingerprint density at radius 2 is 1.52 bits per heavy atom. The van der Waals surface area contributed by atoms with Gasteiger partial charge >= 0.3 is 0 Å². The number of benzene rings is 2. The van der Waals surface area contributed by atoms with Crippen LogP contribution in [0.25, 0.3) is 17.0 Å². The number of halogens is 2. The lowest BCUT2D eigenvalue weighted by atomic mass is 10.1. The van der Waals surface area contributed by atoms with Crippen molar-refractivity contribution in [3.05, 3.63) is 82.5 Å². The van der Waals surface area contributed by atoms with Gasteiger partial charge in [0.15, 0.2) is 0 Å². The Bertz CT molecular complexity index is 849. The van der Waals surface area contributed by atoms with E-state index in [1.54, 1.807) is 16.8 Å². The summed E-state index contributed by atoms with van der Waals surface area (Å²) >= 11 is 11.8. The van der Waals surface area contributed by atoms with Crippen LogP contribution in [0.1, 0.15) is 5.56 Å². The second kappa shape index (κ2) is 6.82. The SMILES string of the molecule is O=C/C=C(\c1ccc(Cl)cc1)n1ccc(-c2ccc(Cl)cc2)n1. The van der Waals surface area contributed by atoms with Gasteiger partial charge in [-0.05, 0) is 30.3 Å². The zero-order chi connectivity index (χ0) is 16.2. The summed E-state index contributed by atoms with van der Waals surface area (Å²) in [5.41, 5.74) is 3.28. The van der Waals surface area contributed by atoms with E-state index in [-0.39, 0.29) is 0 Å². The van der Waals surface area contributed by atoms with E-state index in [4.69, 9.17) is 23.2 Å². The topological polar surface area (TPSA) is 34.9 Å².